The molecule has 2 unspecified atom stereocenters. The molecule has 7 nitrogen and oxygen atoms in total. The molecule has 144 valence electrons. The first-order valence-electron chi connectivity index (χ1n) is 9.06. The third-order valence-electron chi connectivity index (χ3n) is 5.01. The number of nitrogens with one attached hydrogen (secondary N) is 1. The van der Waals surface area contributed by atoms with Crippen molar-refractivity contribution in [3.63, 3.8) is 0 Å². The number of carboxylic acids is 1. The fourth-order valence-corrected chi connectivity index (χ4v) is 3.16. The predicted molar refractivity (Wildman–Crippen MR) is 100 cm³/mol. The Labute approximate surface area is 158 Å². The zero-order valence-electron chi connectivity index (χ0n) is 15.8. The Balaban J connectivity index is 1.75. The molecule has 0 spiro atoms. The lowest BCUT2D eigenvalue weighted by molar-refractivity contribution is -0.146. The van der Waals surface area contributed by atoms with Crippen LogP contribution in [0.25, 0.3) is 0 Å². The van der Waals surface area contributed by atoms with Gasteiger partial charge in [0, 0.05) is 12.8 Å². The van der Waals surface area contributed by atoms with Gasteiger partial charge in [-0.15, -0.1) is 0 Å². The van der Waals surface area contributed by atoms with E-state index >= 15 is 0 Å². The van der Waals surface area contributed by atoms with Crippen LogP contribution in [0.1, 0.15) is 43.9 Å². The van der Waals surface area contributed by atoms with Gasteiger partial charge in [-0.05, 0) is 39.2 Å². The van der Waals surface area contributed by atoms with Crippen molar-refractivity contribution in [2.24, 2.45) is 5.92 Å². The van der Waals surface area contributed by atoms with Crippen molar-refractivity contribution in [3.8, 4) is 0 Å². The minimum absolute atomic E-state index is 0.145. The van der Waals surface area contributed by atoms with E-state index in [-0.39, 0.29) is 17.9 Å². The number of anilines is 1. The van der Waals surface area contributed by atoms with Crippen LogP contribution in [0.15, 0.2) is 36.7 Å². The van der Waals surface area contributed by atoms with E-state index in [9.17, 15) is 14.7 Å². The van der Waals surface area contributed by atoms with Gasteiger partial charge in [0.1, 0.15) is 0 Å². The maximum Gasteiger partial charge on any atom is 0.331 e. The van der Waals surface area contributed by atoms with Crippen LogP contribution >= 0.6 is 0 Å². The Hall–Kier alpha value is -2.67. The zero-order valence-corrected chi connectivity index (χ0v) is 15.8. The molecule has 1 aliphatic heterocycles. The molecule has 7 heteroatoms. The summed E-state index contributed by atoms with van der Waals surface area (Å²) in [5.41, 5.74) is 1.43. The molecular weight excluding hydrogens is 346 g/mol. The SMILES string of the molecule is Cc1ccc(C2OCCCC2C(=O)Nc2cnn(C(C)(C)C(=O)O)c2)cc1. The summed E-state index contributed by atoms with van der Waals surface area (Å²) < 4.78 is 7.24. The Kier molecular flexibility index (Phi) is 5.32. The normalized spacial score (nSPS) is 20.3. The summed E-state index contributed by atoms with van der Waals surface area (Å²) in [7, 11) is 0. The lowest BCUT2D eigenvalue weighted by atomic mass is 9.88. The molecular formula is C20H25N3O4. The number of rotatable bonds is 5. The third kappa shape index (κ3) is 4.03. The first-order valence-corrected chi connectivity index (χ1v) is 9.06. The number of ether oxygens (including phenoxy) is 1. The van der Waals surface area contributed by atoms with Crippen LogP contribution in [0.4, 0.5) is 5.69 Å². The number of hydrogen-bond acceptors (Lipinski definition) is 4. The second-order valence-corrected chi connectivity index (χ2v) is 7.48. The number of carbonyl (C=O) groups excluding carboxylic acids is 1. The maximum atomic E-state index is 12.9. The summed E-state index contributed by atoms with van der Waals surface area (Å²) in [5, 5.41) is 16.2. The second-order valence-electron chi connectivity index (χ2n) is 7.48. The molecule has 1 aromatic carbocycles. The lowest BCUT2D eigenvalue weighted by Crippen LogP contribution is -2.36. The molecule has 27 heavy (non-hydrogen) atoms. The van der Waals surface area contributed by atoms with Crippen molar-refractivity contribution in [2.75, 3.05) is 11.9 Å². The van der Waals surface area contributed by atoms with Crippen molar-refractivity contribution >= 4 is 17.6 Å². The molecule has 3 rings (SSSR count). The number of nitrogens with zero attached hydrogens (tertiary/aromatic N) is 2. The minimum atomic E-state index is -1.19. The van der Waals surface area contributed by atoms with Crippen molar-refractivity contribution in [1.29, 1.82) is 0 Å². The lowest BCUT2D eigenvalue weighted by Gasteiger charge is -2.31. The van der Waals surface area contributed by atoms with Crippen LogP contribution in [-0.4, -0.2) is 33.4 Å². The maximum absolute atomic E-state index is 12.9. The largest absolute Gasteiger partial charge is 0.479 e. The zero-order chi connectivity index (χ0) is 19.6. The molecule has 1 amide bonds. The summed E-state index contributed by atoms with van der Waals surface area (Å²) in [6.07, 6.45) is 4.28. The molecule has 0 saturated carbocycles. The highest BCUT2D eigenvalue weighted by Crippen LogP contribution is 2.34. The highest BCUT2D eigenvalue weighted by Gasteiger charge is 2.34. The van der Waals surface area contributed by atoms with Crippen LogP contribution < -0.4 is 5.32 Å². The van der Waals surface area contributed by atoms with E-state index in [1.54, 1.807) is 13.8 Å². The van der Waals surface area contributed by atoms with Crippen molar-refractivity contribution in [1.82, 2.24) is 9.78 Å². The number of carbonyl (C=O) groups is 2. The minimum Gasteiger partial charge on any atom is -0.479 e. The molecule has 0 bridgehead atoms. The number of amides is 1. The van der Waals surface area contributed by atoms with E-state index in [0.29, 0.717) is 12.3 Å². The van der Waals surface area contributed by atoms with Crippen LogP contribution in [0, 0.1) is 12.8 Å². The van der Waals surface area contributed by atoms with Gasteiger partial charge >= 0.3 is 5.97 Å². The molecule has 2 N–H and O–H groups in total. The summed E-state index contributed by atoms with van der Waals surface area (Å²) in [4.78, 5) is 24.2. The Bertz CT molecular complexity index is 826. The van der Waals surface area contributed by atoms with Gasteiger partial charge < -0.3 is 15.2 Å². The van der Waals surface area contributed by atoms with Gasteiger partial charge in [-0.25, -0.2) is 4.79 Å². The summed E-state index contributed by atoms with van der Waals surface area (Å²) in [6.45, 7) is 5.76. The van der Waals surface area contributed by atoms with Gasteiger partial charge in [0.2, 0.25) is 5.91 Å². The topological polar surface area (TPSA) is 93.5 Å². The molecule has 2 heterocycles. The predicted octanol–water partition coefficient (Wildman–Crippen LogP) is 3.12. The van der Waals surface area contributed by atoms with Gasteiger partial charge in [0.15, 0.2) is 5.54 Å². The van der Waals surface area contributed by atoms with Crippen LogP contribution in [0.5, 0.6) is 0 Å². The first-order chi connectivity index (χ1) is 12.8. The monoisotopic (exact) mass is 371 g/mol. The quantitative estimate of drug-likeness (QED) is 0.842. The van der Waals surface area contributed by atoms with E-state index in [1.165, 1.54) is 17.1 Å². The molecule has 2 aromatic rings. The van der Waals surface area contributed by atoms with E-state index in [4.69, 9.17) is 4.74 Å². The number of aromatic nitrogens is 2. The van der Waals surface area contributed by atoms with E-state index in [2.05, 4.69) is 10.4 Å². The van der Waals surface area contributed by atoms with Crippen molar-refractivity contribution in [2.45, 2.75) is 45.3 Å². The Morgan fingerprint density at radius 1 is 1.30 bits per heavy atom. The second kappa shape index (κ2) is 7.52. The van der Waals surface area contributed by atoms with E-state index in [1.807, 2.05) is 31.2 Å². The standard InChI is InChI=1S/C20H25N3O4/c1-13-6-8-14(9-7-13)17-16(5-4-10-27-17)18(24)22-15-11-21-23(12-15)20(2,3)19(25)26/h6-9,11-12,16-17H,4-5,10H2,1-3H3,(H,22,24)(H,25,26). The summed E-state index contributed by atoms with van der Waals surface area (Å²) in [5.74, 6) is -1.45. The number of carboxylic acid groups (broad SMARTS) is 1. The molecule has 0 aliphatic carbocycles. The molecule has 1 fully saturated rings. The average molecular weight is 371 g/mol. The van der Waals surface area contributed by atoms with E-state index in [0.717, 1.165) is 24.0 Å². The molecule has 0 radical (unpaired) electrons. The summed E-state index contributed by atoms with van der Waals surface area (Å²) in [6, 6.07) is 8.03. The Morgan fingerprint density at radius 3 is 2.67 bits per heavy atom. The van der Waals surface area contributed by atoms with Gasteiger partial charge in [0.05, 0.1) is 23.9 Å². The molecule has 1 saturated heterocycles. The van der Waals surface area contributed by atoms with Crippen molar-refractivity contribution in [3.05, 3.63) is 47.8 Å². The average Bonchev–Trinajstić information content (AvgIpc) is 3.11. The smallest absolute Gasteiger partial charge is 0.331 e. The van der Waals surface area contributed by atoms with Crippen LogP contribution in [0.2, 0.25) is 0 Å². The number of aliphatic carboxylic acids is 1. The molecule has 2 atom stereocenters. The van der Waals surface area contributed by atoms with Crippen LogP contribution in [-0.2, 0) is 19.9 Å². The Morgan fingerprint density at radius 2 is 2.00 bits per heavy atom. The molecule has 1 aromatic heterocycles. The van der Waals surface area contributed by atoms with Gasteiger partial charge in [-0.1, -0.05) is 29.8 Å². The van der Waals surface area contributed by atoms with Gasteiger partial charge in [-0.2, -0.15) is 5.10 Å². The number of benzene rings is 1. The third-order valence-corrected chi connectivity index (χ3v) is 5.01. The van der Waals surface area contributed by atoms with Gasteiger partial charge in [0.25, 0.3) is 0 Å². The highest BCUT2D eigenvalue weighted by atomic mass is 16.5. The number of aryl methyl sites for hydroxylation is 1. The fourth-order valence-electron chi connectivity index (χ4n) is 3.16. The summed E-state index contributed by atoms with van der Waals surface area (Å²) >= 11 is 0. The number of hydrogen-bond donors (Lipinski definition) is 2. The molecule has 1 aliphatic rings. The fraction of sp³-hybridized carbons (Fsp3) is 0.450. The van der Waals surface area contributed by atoms with Gasteiger partial charge in [-0.3, -0.25) is 9.48 Å². The highest BCUT2D eigenvalue weighted by molar-refractivity contribution is 5.93. The van der Waals surface area contributed by atoms with Crippen molar-refractivity contribution < 1.29 is 19.4 Å². The first kappa shape index (κ1) is 19.1. The van der Waals surface area contributed by atoms with Crippen LogP contribution in [0.3, 0.4) is 0 Å². The van der Waals surface area contributed by atoms with E-state index < -0.39 is 11.5 Å².